The van der Waals surface area contributed by atoms with Gasteiger partial charge in [0, 0.05) is 25.3 Å². The number of carbonyl (C=O) groups is 1. The van der Waals surface area contributed by atoms with Gasteiger partial charge in [0.05, 0.1) is 7.11 Å². The van der Waals surface area contributed by atoms with Crippen molar-refractivity contribution in [1.29, 1.82) is 0 Å². The molecule has 26 heavy (non-hydrogen) atoms. The molecule has 3 rings (SSSR count). The molecule has 1 N–H and O–H groups in total. The maximum Gasteiger partial charge on any atom is 0.257 e. The fraction of sp³-hybridized carbons (Fsp3) is 0.381. The minimum Gasteiger partial charge on any atom is -0.493 e. The largest absolute Gasteiger partial charge is 0.493 e. The summed E-state index contributed by atoms with van der Waals surface area (Å²) in [5.74, 6) is 1.57. The standard InChI is InChI=1S/C21H26N2O3/c1-16-6-5-7-18(12-16)23-11-10-17(14-23)13-22-21(24)15-26-20-9-4-3-8-19(20)25-2/h3-9,12,17H,10-11,13-15H2,1-2H3,(H,22,24). The van der Waals surface area contributed by atoms with E-state index in [1.54, 1.807) is 13.2 Å². The first-order valence-electron chi connectivity index (χ1n) is 9.00. The number of hydrogen-bond acceptors (Lipinski definition) is 4. The molecule has 0 saturated carbocycles. The Balaban J connectivity index is 1.42. The molecule has 0 radical (unpaired) electrons. The lowest BCUT2D eigenvalue weighted by Crippen LogP contribution is -2.34. The Labute approximate surface area is 154 Å². The van der Waals surface area contributed by atoms with Crippen LogP contribution in [0.3, 0.4) is 0 Å². The van der Waals surface area contributed by atoms with Gasteiger partial charge < -0.3 is 19.7 Å². The molecule has 1 unspecified atom stereocenters. The van der Waals surface area contributed by atoms with Crippen LogP contribution in [-0.2, 0) is 4.79 Å². The number of carbonyl (C=O) groups excluding carboxylic acids is 1. The maximum absolute atomic E-state index is 12.1. The van der Waals surface area contributed by atoms with Gasteiger partial charge in [-0.1, -0.05) is 24.3 Å². The molecule has 0 bridgehead atoms. The van der Waals surface area contributed by atoms with Crippen molar-refractivity contribution in [3.8, 4) is 11.5 Å². The Kier molecular flexibility index (Phi) is 6.00. The predicted molar refractivity (Wildman–Crippen MR) is 103 cm³/mol. The van der Waals surface area contributed by atoms with E-state index in [9.17, 15) is 4.79 Å². The molecule has 138 valence electrons. The Morgan fingerprint density at radius 1 is 1.19 bits per heavy atom. The van der Waals surface area contributed by atoms with Crippen molar-refractivity contribution in [3.63, 3.8) is 0 Å². The normalized spacial score (nSPS) is 16.4. The predicted octanol–water partition coefficient (Wildman–Crippen LogP) is 3.03. The van der Waals surface area contributed by atoms with Crippen LogP contribution in [0.15, 0.2) is 48.5 Å². The van der Waals surface area contributed by atoms with Crippen molar-refractivity contribution in [2.75, 3.05) is 38.3 Å². The van der Waals surface area contributed by atoms with Gasteiger partial charge >= 0.3 is 0 Å². The quantitative estimate of drug-likeness (QED) is 0.830. The van der Waals surface area contributed by atoms with Crippen LogP contribution >= 0.6 is 0 Å². The van der Waals surface area contributed by atoms with Crippen molar-refractivity contribution >= 4 is 11.6 Å². The van der Waals surface area contributed by atoms with E-state index in [0.717, 1.165) is 19.5 Å². The zero-order chi connectivity index (χ0) is 18.4. The van der Waals surface area contributed by atoms with E-state index in [-0.39, 0.29) is 12.5 Å². The summed E-state index contributed by atoms with van der Waals surface area (Å²) in [6.45, 7) is 4.78. The first kappa shape index (κ1) is 18.1. The highest BCUT2D eigenvalue weighted by atomic mass is 16.5. The highest BCUT2D eigenvalue weighted by Gasteiger charge is 2.23. The first-order valence-corrected chi connectivity index (χ1v) is 9.00. The summed E-state index contributed by atoms with van der Waals surface area (Å²) in [5, 5.41) is 2.98. The number of nitrogens with one attached hydrogen (secondary N) is 1. The number of hydrogen-bond donors (Lipinski definition) is 1. The zero-order valence-corrected chi connectivity index (χ0v) is 15.4. The molecular formula is C21H26N2O3. The Bertz CT molecular complexity index is 748. The number of methoxy groups -OCH3 is 1. The van der Waals surface area contributed by atoms with E-state index in [1.165, 1.54) is 11.3 Å². The average molecular weight is 354 g/mol. The smallest absolute Gasteiger partial charge is 0.257 e. The van der Waals surface area contributed by atoms with Crippen LogP contribution in [0, 0.1) is 12.8 Å². The molecule has 2 aromatic rings. The van der Waals surface area contributed by atoms with Gasteiger partial charge in [-0.05, 0) is 49.1 Å². The minimum atomic E-state index is -0.107. The molecule has 1 aliphatic heterocycles. The third-order valence-electron chi connectivity index (χ3n) is 4.67. The number of para-hydroxylation sites is 2. The van der Waals surface area contributed by atoms with E-state index in [4.69, 9.17) is 9.47 Å². The van der Waals surface area contributed by atoms with Gasteiger partial charge in [0.15, 0.2) is 18.1 Å². The van der Waals surface area contributed by atoms with Gasteiger partial charge in [-0.2, -0.15) is 0 Å². The van der Waals surface area contributed by atoms with E-state index in [2.05, 4.69) is 41.4 Å². The van der Waals surface area contributed by atoms with Gasteiger partial charge in [0.2, 0.25) is 0 Å². The minimum absolute atomic E-state index is 0.00527. The topological polar surface area (TPSA) is 50.8 Å². The molecule has 1 fully saturated rings. The molecule has 1 aliphatic rings. The van der Waals surface area contributed by atoms with E-state index in [1.807, 2.05) is 18.2 Å². The molecule has 5 nitrogen and oxygen atoms in total. The van der Waals surface area contributed by atoms with Crippen LogP contribution in [0.25, 0.3) is 0 Å². The van der Waals surface area contributed by atoms with Crippen molar-refractivity contribution in [3.05, 3.63) is 54.1 Å². The summed E-state index contributed by atoms with van der Waals surface area (Å²) in [5.41, 5.74) is 2.53. The number of ether oxygens (including phenoxy) is 2. The summed E-state index contributed by atoms with van der Waals surface area (Å²) >= 11 is 0. The van der Waals surface area contributed by atoms with Crippen LogP contribution in [0.4, 0.5) is 5.69 Å². The number of amides is 1. The number of rotatable bonds is 7. The van der Waals surface area contributed by atoms with Gasteiger partial charge in [-0.25, -0.2) is 0 Å². The summed E-state index contributed by atoms with van der Waals surface area (Å²) in [6, 6.07) is 15.9. The molecule has 0 aromatic heterocycles. The van der Waals surface area contributed by atoms with Crippen molar-refractivity contribution in [2.45, 2.75) is 13.3 Å². The molecule has 1 atom stereocenters. The number of benzene rings is 2. The highest BCUT2D eigenvalue weighted by molar-refractivity contribution is 5.77. The fourth-order valence-electron chi connectivity index (χ4n) is 3.25. The van der Waals surface area contributed by atoms with E-state index in [0.29, 0.717) is 24.0 Å². The van der Waals surface area contributed by atoms with Crippen molar-refractivity contribution in [2.24, 2.45) is 5.92 Å². The van der Waals surface area contributed by atoms with Gasteiger partial charge in [0.1, 0.15) is 0 Å². The second kappa shape index (κ2) is 8.61. The van der Waals surface area contributed by atoms with Gasteiger partial charge in [-0.3, -0.25) is 4.79 Å². The molecule has 2 aromatic carbocycles. The number of nitrogens with zero attached hydrogens (tertiary/aromatic N) is 1. The molecule has 0 spiro atoms. The summed E-state index contributed by atoms with van der Waals surface area (Å²) < 4.78 is 10.8. The molecule has 1 heterocycles. The average Bonchev–Trinajstić information content (AvgIpc) is 3.14. The number of anilines is 1. The van der Waals surface area contributed by atoms with Crippen molar-refractivity contribution in [1.82, 2.24) is 5.32 Å². The van der Waals surface area contributed by atoms with Crippen LogP contribution in [0.1, 0.15) is 12.0 Å². The second-order valence-electron chi connectivity index (χ2n) is 6.68. The highest BCUT2D eigenvalue weighted by Crippen LogP contribution is 2.26. The third kappa shape index (κ3) is 4.69. The Morgan fingerprint density at radius 2 is 2.00 bits per heavy atom. The second-order valence-corrected chi connectivity index (χ2v) is 6.68. The summed E-state index contributed by atoms with van der Waals surface area (Å²) in [6.07, 6.45) is 1.08. The van der Waals surface area contributed by atoms with Crippen LogP contribution in [-0.4, -0.2) is 39.3 Å². The van der Waals surface area contributed by atoms with E-state index >= 15 is 0 Å². The zero-order valence-electron chi connectivity index (χ0n) is 15.4. The summed E-state index contributed by atoms with van der Waals surface area (Å²) in [4.78, 5) is 14.5. The van der Waals surface area contributed by atoms with Gasteiger partial charge in [-0.15, -0.1) is 0 Å². The molecule has 0 aliphatic carbocycles. The third-order valence-corrected chi connectivity index (χ3v) is 4.67. The molecule has 1 saturated heterocycles. The molecule has 5 heteroatoms. The van der Waals surface area contributed by atoms with Crippen LogP contribution < -0.4 is 19.7 Å². The Morgan fingerprint density at radius 3 is 2.77 bits per heavy atom. The fourth-order valence-corrected chi connectivity index (χ4v) is 3.25. The van der Waals surface area contributed by atoms with Gasteiger partial charge in [0.25, 0.3) is 5.91 Å². The lowest BCUT2D eigenvalue weighted by atomic mass is 10.1. The molecule has 1 amide bonds. The monoisotopic (exact) mass is 354 g/mol. The number of aryl methyl sites for hydroxylation is 1. The lowest BCUT2D eigenvalue weighted by molar-refractivity contribution is -0.123. The van der Waals surface area contributed by atoms with Crippen LogP contribution in [0.2, 0.25) is 0 Å². The van der Waals surface area contributed by atoms with Crippen molar-refractivity contribution < 1.29 is 14.3 Å². The van der Waals surface area contributed by atoms with E-state index < -0.39 is 0 Å². The Hall–Kier alpha value is -2.69. The summed E-state index contributed by atoms with van der Waals surface area (Å²) in [7, 11) is 1.59. The SMILES string of the molecule is COc1ccccc1OCC(=O)NCC1CCN(c2cccc(C)c2)C1. The maximum atomic E-state index is 12.1. The lowest BCUT2D eigenvalue weighted by Gasteiger charge is -2.19. The first-order chi connectivity index (χ1) is 12.7. The van der Waals surface area contributed by atoms with Crippen LogP contribution in [0.5, 0.6) is 11.5 Å². The molecular weight excluding hydrogens is 328 g/mol.